The Bertz CT molecular complexity index is 568. The number of carbonyl (C=O) groups is 1. The molecule has 4 nitrogen and oxygen atoms in total. The molecule has 2 amide bonds. The molecular weight excluding hydrogens is 226 g/mol. The molecular formula is C14H13N3O. The molecule has 0 aliphatic carbocycles. The molecule has 18 heavy (non-hydrogen) atoms. The zero-order chi connectivity index (χ0) is 12.4. The first-order valence-electron chi connectivity index (χ1n) is 5.81. The number of anilines is 2. The molecule has 2 aromatic rings. The van der Waals surface area contributed by atoms with Gasteiger partial charge in [-0.15, -0.1) is 0 Å². The van der Waals surface area contributed by atoms with Gasteiger partial charge in [0.15, 0.2) is 0 Å². The molecule has 0 bridgehead atoms. The van der Waals surface area contributed by atoms with Crippen LogP contribution in [0.1, 0.15) is 5.56 Å². The molecule has 0 atom stereocenters. The van der Waals surface area contributed by atoms with Crippen molar-refractivity contribution in [2.45, 2.75) is 6.54 Å². The van der Waals surface area contributed by atoms with E-state index in [1.165, 1.54) is 0 Å². The van der Waals surface area contributed by atoms with E-state index in [4.69, 9.17) is 0 Å². The lowest BCUT2D eigenvalue weighted by Crippen LogP contribution is -2.41. The van der Waals surface area contributed by atoms with Gasteiger partial charge < -0.3 is 5.32 Å². The highest BCUT2D eigenvalue weighted by atomic mass is 16.2. The number of para-hydroxylation sites is 2. The Morgan fingerprint density at radius 2 is 1.67 bits per heavy atom. The zero-order valence-corrected chi connectivity index (χ0v) is 9.76. The summed E-state index contributed by atoms with van der Waals surface area (Å²) in [5.74, 6) is 0. The Morgan fingerprint density at radius 1 is 0.944 bits per heavy atom. The minimum Gasteiger partial charge on any atom is -0.306 e. The van der Waals surface area contributed by atoms with Crippen LogP contribution >= 0.6 is 0 Å². The van der Waals surface area contributed by atoms with Gasteiger partial charge in [0.25, 0.3) is 0 Å². The van der Waals surface area contributed by atoms with Crippen molar-refractivity contribution >= 4 is 17.4 Å². The highest BCUT2D eigenvalue weighted by Crippen LogP contribution is 2.22. The summed E-state index contributed by atoms with van der Waals surface area (Å²) in [6, 6.07) is 17.4. The number of fused-ring (bicyclic) bond motifs is 1. The fourth-order valence-corrected chi connectivity index (χ4v) is 2.03. The Labute approximate surface area is 105 Å². The van der Waals surface area contributed by atoms with Crippen LogP contribution in [0.4, 0.5) is 16.2 Å². The number of nitrogens with one attached hydrogen (secondary N) is 2. The number of hydrogen-bond acceptors (Lipinski definition) is 2. The summed E-state index contributed by atoms with van der Waals surface area (Å²) >= 11 is 0. The van der Waals surface area contributed by atoms with Crippen LogP contribution < -0.4 is 15.8 Å². The number of rotatable bonds is 1. The van der Waals surface area contributed by atoms with Crippen molar-refractivity contribution in [2.75, 3.05) is 10.3 Å². The van der Waals surface area contributed by atoms with Crippen molar-refractivity contribution in [2.24, 2.45) is 0 Å². The van der Waals surface area contributed by atoms with Crippen molar-refractivity contribution in [1.29, 1.82) is 0 Å². The van der Waals surface area contributed by atoms with Crippen LogP contribution in [0.2, 0.25) is 0 Å². The fourth-order valence-electron chi connectivity index (χ4n) is 2.03. The minimum atomic E-state index is -0.219. The minimum absolute atomic E-state index is 0.219. The van der Waals surface area contributed by atoms with Crippen LogP contribution in [0.5, 0.6) is 0 Å². The van der Waals surface area contributed by atoms with Gasteiger partial charge in [0.05, 0.1) is 12.2 Å². The summed E-state index contributed by atoms with van der Waals surface area (Å²) in [6.45, 7) is 0.638. The molecule has 0 spiro atoms. The highest BCUT2D eigenvalue weighted by molar-refractivity contribution is 5.92. The van der Waals surface area contributed by atoms with Gasteiger partial charge in [-0.2, -0.15) is 0 Å². The summed E-state index contributed by atoms with van der Waals surface area (Å²) in [5, 5.41) is 4.66. The van der Waals surface area contributed by atoms with Gasteiger partial charge >= 0.3 is 6.03 Å². The Balaban J connectivity index is 1.97. The summed E-state index contributed by atoms with van der Waals surface area (Å²) in [6.07, 6.45) is 0. The normalized spacial score (nSPS) is 14.2. The van der Waals surface area contributed by atoms with Crippen molar-refractivity contribution < 1.29 is 4.79 Å². The van der Waals surface area contributed by atoms with Crippen LogP contribution in [-0.2, 0) is 6.54 Å². The lowest BCUT2D eigenvalue weighted by atomic mass is 10.1. The number of nitrogens with zero attached hydrogens (tertiary/aromatic N) is 1. The van der Waals surface area contributed by atoms with E-state index in [1.54, 1.807) is 0 Å². The second kappa shape index (κ2) is 4.41. The Hall–Kier alpha value is -2.49. The number of amides is 2. The number of hydrogen-bond donors (Lipinski definition) is 2. The van der Waals surface area contributed by atoms with E-state index in [0.29, 0.717) is 6.54 Å². The standard InChI is InChI=1S/C14H13N3O/c18-14-15-13-9-5-4-6-11(13)10-17(16-14)12-7-2-1-3-8-12/h1-9H,10H2,(H2,15,16,18). The summed E-state index contributed by atoms with van der Waals surface area (Å²) in [7, 11) is 0. The maximum absolute atomic E-state index is 11.8. The van der Waals surface area contributed by atoms with Gasteiger partial charge in [-0.25, -0.2) is 10.2 Å². The molecule has 0 fully saturated rings. The second-order valence-corrected chi connectivity index (χ2v) is 4.14. The molecule has 2 aromatic carbocycles. The lowest BCUT2D eigenvalue weighted by molar-refractivity contribution is 0.251. The fraction of sp³-hybridized carbons (Fsp3) is 0.0714. The molecule has 0 aromatic heterocycles. The third kappa shape index (κ3) is 2.00. The number of urea groups is 1. The molecule has 3 rings (SSSR count). The number of carbonyl (C=O) groups excluding carboxylic acids is 1. The lowest BCUT2D eigenvalue weighted by Gasteiger charge is -2.22. The predicted molar refractivity (Wildman–Crippen MR) is 71.2 cm³/mol. The number of benzene rings is 2. The largest absolute Gasteiger partial charge is 0.338 e. The zero-order valence-electron chi connectivity index (χ0n) is 9.76. The predicted octanol–water partition coefficient (Wildman–Crippen LogP) is 2.74. The van der Waals surface area contributed by atoms with Crippen molar-refractivity contribution in [1.82, 2.24) is 5.43 Å². The molecule has 1 aliphatic rings. The summed E-state index contributed by atoms with van der Waals surface area (Å²) in [4.78, 5) is 11.8. The third-order valence-corrected chi connectivity index (χ3v) is 2.90. The molecule has 2 N–H and O–H groups in total. The first-order valence-corrected chi connectivity index (χ1v) is 5.81. The molecule has 0 radical (unpaired) electrons. The molecule has 0 saturated heterocycles. The van der Waals surface area contributed by atoms with E-state index in [1.807, 2.05) is 59.6 Å². The molecule has 1 heterocycles. The molecule has 90 valence electrons. The smallest absolute Gasteiger partial charge is 0.306 e. The van der Waals surface area contributed by atoms with Gasteiger partial charge in [-0.05, 0) is 23.8 Å². The first-order chi connectivity index (χ1) is 8.83. The van der Waals surface area contributed by atoms with Crippen LogP contribution in [0.3, 0.4) is 0 Å². The van der Waals surface area contributed by atoms with Crippen LogP contribution in [0.25, 0.3) is 0 Å². The van der Waals surface area contributed by atoms with E-state index in [-0.39, 0.29) is 6.03 Å². The Morgan fingerprint density at radius 3 is 2.50 bits per heavy atom. The highest BCUT2D eigenvalue weighted by Gasteiger charge is 2.17. The third-order valence-electron chi connectivity index (χ3n) is 2.90. The monoisotopic (exact) mass is 239 g/mol. The molecule has 0 unspecified atom stereocenters. The first kappa shape index (κ1) is 10.7. The number of hydrazine groups is 1. The van der Waals surface area contributed by atoms with E-state index in [9.17, 15) is 4.79 Å². The summed E-state index contributed by atoms with van der Waals surface area (Å²) in [5.41, 5.74) is 5.73. The van der Waals surface area contributed by atoms with Crippen molar-refractivity contribution in [3.63, 3.8) is 0 Å². The maximum Gasteiger partial charge on any atom is 0.338 e. The van der Waals surface area contributed by atoms with E-state index in [2.05, 4.69) is 10.7 Å². The maximum atomic E-state index is 11.8. The van der Waals surface area contributed by atoms with Crippen molar-refractivity contribution in [3.8, 4) is 0 Å². The van der Waals surface area contributed by atoms with Crippen LogP contribution in [0, 0.1) is 0 Å². The van der Waals surface area contributed by atoms with E-state index < -0.39 is 0 Å². The summed E-state index contributed by atoms with van der Waals surface area (Å²) < 4.78 is 0. The Kier molecular flexibility index (Phi) is 2.61. The van der Waals surface area contributed by atoms with E-state index >= 15 is 0 Å². The SMILES string of the molecule is O=C1Nc2ccccc2CN(c2ccccc2)N1. The van der Waals surface area contributed by atoms with Gasteiger partial charge in [0, 0.05) is 5.69 Å². The molecule has 4 heteroatoms. The van der Waals surface area contributed by atoms with Crippen molar-refractivity contribution in [3.05, 3.63) is 60.2 Å². The van der Waals surface area contributed by atoms with Gasteiger partial charge in [-0.1, -0.05) is 36.4 Å². The van der Waals surface area contributed by atoms with Crippen LogP contribution in [-0.4, -0.2) is 6.03 Å². The molecule has 1 aliphatic heterocycles. The molecule has 0 saturated carbocycles. The van der Waals surface area contributed by atoms with E-state index in [0.717, 1.165) is 16.9 Å². The second-order valence-electron chi connectivity index (χ2n) is 4.14. The quantitative estimate of drug-likeness (QED) is 0.803. The topological polar surface area (TPSA) is 44.4 Å². The van der Waals surface area contributed by atoms with Gasteiger partial charge in [-0.3, -0.25) is 5.01 Å². The average Bonchev–Trinajstić information content (AvgIpc) is 2.57. The van der Waals surface area contributed by atoms with Gasteiger partial charge in [0.1, 0.15) is 0 Å². The van der Waals surface area contributed by atoms with Crippen LogP contribution in [0.15, 0.2) is 54.6 Å². The average molecular weight is 239 g/mol. The van der Waals surface area contributed by atoms with Gasteiger partial charge in [0.2, 0.25) is 0 Å².